The summed E-state index contributed by atoms with van der Waals surface area (Å²) in [4.78, 5) is 23.5. The first-order valence-corrected chi connectivity index (χ1v) is 11.2. The molecule has 0 bridgehead atoms. The van der Waals surface area contributed by atoms with Crippen LogP contribution >= 0.6 is 11.3 Å². The zero-order valence-electron chi connectivity index (χ0n) is 17.1. The average molecular weight is 420 g/mol. The molecular formula is C24H25N3O2S. The summed E-state index contributed by atoms with van der Waals surface area (Å²) < 4.78 is 5.67. The Kier molecular flexibility index (Phi) is 6.54. The minimum Gasteiger partial charge on any atom is -0.492 e. The molecule has 6 heteroatoms. The molecule has 0 unspecified atom stereocenters. The number of para-hydroxylation sites is 2. The molecule has 30 heavy (non-hydrogen) atoms. The number of pyridine rings is 1. The molecule has 4 rings (SSSR count). The molecule has 1 aliphatic rings. The van der Waals surface area contributed by atoms with E-state index in [1.807, 2.05) is 43.3 Å². The number of carbonyl (C=O) groups is 1. The van der Waals surface area contributed by atoms with Gasteiger partial charge < -0.3 is 10.1 Å². The summed E-state index contributed by atoms with van der Waals surface area (Å²) in [5.41, 5.74) is 3.44. The number of hydrogen-bond acceptors (Lipinski definition) is 5. The third-order valence-electron chi connectivity index (χ3n) is 5.08. The number of nitrogens with zero attached hydrogens (tertiary/aromatic N) is 2. The third-order valence-corrected chi connectivity index (χ3v) is 6.28. The van der Waals surface area contributed by atoms with E-state index in [0.29, 0.717) is 23.6 Å². The van der Waals surface area contributed by atoms with Crippen LogP contribution in [0.2, 0.25) is 0 Å². The van der Waals surface area contributed by atoms with Crippen molar-refractivity contribution in [1.29, 1.82) is 0 Å². The second kappa shape index (κ2) is 9.67. The summed E-state index contributed by atoms with van der Waals surface area (Å²) in [6.07, 6.45) is 10.7. The third kappa shape index (κ3) is 4.60. The van der Waals surface area contributed by atoms with Gasteiger partial charge in [-0.05, 0) is 56.4 Å². The molecule has 0 saturated heterocycles. The molecule has 1 amide bonds. The van der Waals surface area contributed by atoms with Crippen molar-refractivity contribution >= 4 is 34.1 Å². The second-order valence-corrected chi connectivity index (χ2v) is 8.26. The lowest BCUT2D eigenvalue weighted by Crippen LogP contribution is -2.14. The molecule has 2 heterocycles. The molecule has 1 aromatic carbocycles. The van der Waals surface area contributed by atoms with Crippen molar-refractivity contribution in [3.8, 4) is 5.75 Å². The molecule has 0 atom stereocenters. The van der Waals surface area contributed by atoms with Crippen molar-refractivity contribution in [2.24, 2.45) is 4.99 Å². The Morgan fingerprint density at radius 2 is 2.07 bits per heavy atom. The summed E-state index contributed by atoms with van der Waals surface area (Å²) in [7, 11) is 0. The number of nitrogens with one attached hydrogen (secondary N) is 1. The fourth-order valence-electron chi connectivity index (χ4n) is 3.67. The van der Waals surface area contributed by atoms with Gasteiger partial charge in [0, 0.05) is 29.0 Å². The number of benzene rings is 1. The lowest BCUT2D eigenvalue weighted by Gasteiger charge is -2.12. The number of carbonyl (C=O) groups excluding carboxylic acids is 1. The first-order chi connectivity index (χ1) is 14.8. The van der Waals surface area contributed by atoms with Crippen LogP contribution in [0.25, 0.3) is 0 Å². The van der Waals surface area contributed by atoms with Gasteiger partial charge >= 0.3 is 0 Å². The topological polar surface area (TPSA) is 63.6 Å². The number of rotatable bonds is 6. The van der Waals surface area contributed by atoms with Crippen LogP contribution < -0.4 is 10.1 Å². The minimum atomic E-state index is -0.125. The zero-order chi connectivity index (χ0) is 20.8. The largest absolute Gasteiger partial charge is 0.492 e. The Hall–Kier alpha value is -2.99. The Bertz CT molecular complexity index is 1040. The van der Waals surface area contributed by atoms with Crippen LogP contribution in [0.4, 0.5) is 10.7 Å². The van der Waals surface area contributed by atoms with Crippen molar-refractivity contribution in [1.82, 2.24) is 4.98 Å². The van der Waals surface area contributed by atoms with Gasteiger partial charge in [0.2, 0.25) is 0 Å². The number of fused-ring (bicyclic) bond motifs is 1. The van der Waals surface area contributed by atoms with Crippen molar-refractivity contribution < 1.29 is 9.53 Å². The highest BCUT2D eigenvalue weighted by atomic mass is 32.1. The number of amides is 1. The van der Waals surface area contributed by atoms with Gasteiger partial charge in [0.05, 0.1) is 17.9 Å². The average Bonchev–Trinajstić information content (AvgIpc) is 2.96. The molecule has 0 saturated carbocycles. The van der Waals surface area contributed by atoms with E-state index >= 15 is 0 Å². The minimum absolute atomic E-state index is 0.125. The smallest absolute Gasteiger partial charge is 0.259 e. The van der Waals surface area contributed by atoms with Crippen molar-refractivity contribution in [2.45, 2.75) is 39.0 Å². The van der Waals surface area contributed by atoms with Gasteiger partial charge in [0.15, 0.2) is 0 Å². The van der Waals surface area contributed by atoms with Crippen LogP contribution in [0.1, 0.15) is 52.5 Å². The van der Waals surface area contributed by atoms with Gasteiger partial charge in [-0.15, -0.1) is 11.3 Å². The van der Waals surface area contributed by atoms with Crippen LogP contribution in [-0.2, 0) is 12.8 Å². The molecule has 0 aliphatic heterocycles. The lowest BCUT2D eigenvalue weighted by molar-refractivity contribution is 0.102. The molecule has 1 N–H and O–H groups in total. The molecule has 3 aromatic rings. The van der Waals surface area contributed by atoms with Gasteiger partial charge in [-0.2, -0.15) is 0 Å². The van der Waals surface area contributed by atoms with E-state index in [1.54, 1.807) is 29.9 Å². The summed E-state index contributed by atoms with van der Waals surface area (Å²) in [5, 5.41) is 3.82. The zero-order valence-corrected chi connectivity index (χ0v) is 17.9. The van der Waals surface area contributed by atoms with Crippen LogP contribution in [0.3, 0.4) is 0 Å². The quantitative estimate of drug-likeness (QED) is 0.405. The summed E-state index contributed by atoms with van der Waals surface area (Å²) >= 11 is 1.64. The highest BCUT2D eigenvalue weighted by Gasteiger charge is 2.25. The Morgan fingerprint density at radius 3 is 2.90 bits per heavy atom. The van der Waals surface area contributed by atoms with E-state index < -0.39 is 0 Å². The molecule has 0 radical (unpaired) electrons. The number of aliphatic imine (C=N–C) groups is 1. The number of thiophene rings is 1. The van der Waals surface area contributed by atoms with Gasteiger partial charge in [-0.3, -0.25) is 9.78 Å². The maximum Gasteiger partial charge on any atom is 0.259 e. The fraction of sp³-hybridized carbons (Fsp3) is 0.292. The van der Waals surface area contributed by atoms with E-state index in [9.17, 15) is 4.79 Å². The summed E-state index contributed by atoms with van der Waals surface area (Å²) in [6, 6.07) is 11.4. The van der Waals surface area contributed by atoms with E-state index in [-0.39, 0.29) is 5.91 Å². The van der Waals surface area contributed by atoms with Crippen LogP contribution in [0, 0.1) is 0 Å². The highest BCUT2D eigenvalue weighted by Crippen LogP contribution is 2.40. The van der Waals surface area contributed by atoms with E-state index in [0.717, 1.165) is 41.8 Å². The maximum atomic E-state index is 13.4. The van der Waals surface area contributed by atoms with Crippen LogP contribution in [0.5, 0.6) is 5.75 Å². The molecule has 2 aromatic heterocycles. The van der Waals surface area contributed by atoms with Gasteiger partial charge in [0.1, 0.15) is 10.8 Å². The summed E-state index contributed by atoms with van der Waals surface area (Å²) in [5.74, 6) is 0.551. The Balaban J connectivity index is 1.69. The van der Waals surface area contributed by atoms with E-state index in [4.69, 9.17) is 9.73 Å². The summed E-state index contributed by atoms with van der Waals surface area (Å²) in [6.45, 7) is 2.48. The standard InChI is InChI=1S/C24H25N3O2S/c1-2-29-20-12-7-6-11-19(20)27-23(28)22-18-10-4-3-5-13-21(18)30-24(22)26-16-17-9-8-14-25-15-17/h6-9,11-12,14-16H,2-5,10,13H2,1H3,(H,27,28). The first-order valence-electron chi connectivity index (χ1n) is 10.4. The first kappa shape index (κ1) is 20.3. The van der Waals surface area contributed by atoms with Crippen molar-refractivity contribution in [2.75, 3.05) is 11.9 Å². The molecule has 0 spiro atoms. The highest BCUT2D eigenvalue weighted by molar-refractivity contribution is 7.16. The van der Waals surface area contributed by atoms with E-state index in [1.165, 1.54) is 11.3 Å². The maximum absolute atomic E-state index is 13.4. The van der Waals surface area contributed by atoms with Crippen LogP contribution in [0.15, 0.2) is 53.8 Å². The Morgan fingerprint density at radius 1 is 1.20 bits per heavy atom. The van der Waals surface area contributed by atoms with Crippen LogP contribution in [-0.4, -0.2) is 23.7 Å². The number of anilines is 1. The SMILES string of the molecule is CCOc1ccccc1NC(=O)c1c(N=Cc2cccnc2)sc2c1CCCCC2. The Labute approximate surface area is 180 Å². The van der Waals surface area contributed by atoms with Gasteiger partial charge in [0.25, 0.3) is 5.91 Å². The molecule has 5 nitrogen and oxygen atoms in total. The van der Waals surface area contributed by atoms with Crippen molar-refractivity contribution in [3.63, 3.8) is 0 Å². The number of ether oxygens (including phenoxy) is 1. The predicted octanol–water partition coefficient (Wildman–Crippen LogP) is 5.81. The lowest BCUT2D eigenvalue weighted by atomic mass is 10.0. The van der Waals surface area contributed by atoms with Crippen molar-refractivity contribution in [3.05, 3.63) is 70.4 Å². The fourth-order valence-corrected chi connectivity index (χ4v) is 4.91. The molecular weight excluding hydrogens is 394 g/mol. The molecule has 1 aliphatic carbocycles. The monoisotopic (exact) mass is 419 g/mol. The normalized spacial score (nSPS) is 13.6. The molecule has 154 valence electrons. The predicted molar refractivity (Wildman–Crippen MR) is 123 cm³/mol. The molecule has 0 fully saturated rings. The number of aryl methyl sites for hydroxylation is 1. The number of aromatic nitrogens is 1. The van der Waals surface area contributed by atoms with E-state index in [2.05, 4.69) is 10.3 Å². The number of hydrogen-bond donors (Lipinski definition) is 1. The van der Waals surface area contributed by atoms with Gasteiger partial charge in [-0.25, -0.2) is 4.99 Å². The second-order valence-electron chi connectivity index (χ2n) is 7.17. The van der Waals surface area contributed by atoms with Gasteiger partial charge in [-0.1, -0.05) is 24.6 Å².